The van der Waals surface area contributed by atoms with Gasteiger partial charge in [-0.05, 0) is 141 Å². The van der Waals surface area contributed by atoms with Gasteiger partial charge in [0.25, 0.3) is 0 Å². The van der Waals surface area contributed by atoms with Crippen LogP contribution in [-0.4, -0.2) is 217 Å². The molecule has 0 aromatic carbocycles. The van der Waals surface area contributed by atoms with E-state index in [1.807, 2.05) is 26.5 Å². The van der Waals surface area contributed by atoms with E-state index in [-0.39, 0.29) is 48.8 Å². The van der Waals surface area contributed by atoms with E-state index in [1.165, 1.54) is 109 Å². The molecule has 0 aromatic heterocycles. The second kappa shape index (κ2) is 73.2. The molecule has 0 saturated carbocycles. The third-order valence-electron chi connectivity index (χ3n) is 21.1. The lowest BCUT2D eigenvalue weighted by molar-refractivity contribution is -0.150. The number of nitrogens with zero attached hydrogens (tertiary/aromatic N) is 4. The van der Waals surface area contributed by atoms with Crippen LogP contribution in [0.2, 0.25) is 0 Å². The summed E-state index contributed by atoms with van der Waals surface area (Å²) in [7, 11) is 3.81. The largest absolute Gasteiger partial charge is 0.466 e. The predicted molar refractivity (Wildman–Crippen MR) is 437 cm³/mol. The van der Waals surface area contributed by atoms with Gasteiger partial charge in [-0.25, -0.2) is 0 Å². The van der Waals surface area contributed by atoms with Crippen molar-refractivity contribution in [3.8, 4) is 0 Å². The zero-order chi connectivity index (χ0) is 76.9. The Kier molecular flexibility index (Phi) is 70.3. The van der Waals surface area contributed by atoms with Crippen molar-refractivity contribution in [3.05, 3.63) is 0 Å². The monoisotopic (exact) mass is 1530 g/mol. The summed E-state index contributed by atoms with van der Waals surface area (Å²) < 4.78 is 28.3. The van der Waals surface area contributed by atoms with Crippen LogP contribution in [0.1, 0.15) is 357 Å². The Morgan fingerprint density at radius 2 is 0.667 bits per heavy atom. The smallest absolute Gasteiger partial charge is 0.306 e. The Balaban J connectivity index is 2.58. The number of ether oxygens (including phenoxy) is 5. The van der Waals surface area contributed by atoms with Crippen LogP contribution >= 0.6 is 21.6 Å². The van der Waals surface area contributed by atoms with Gasteiger partial charge in [0.1, 0.15) is 12.7 Å². The molecule has 0 amide bonds. The highest BCUT2D eigenvalue weighted by atomic mass is 33.1. The molecule has 1 aliphatic rings. The normalized spacial score (nSPS) is 14.2. The maximum atomic E-state index is 13.1. The van der Waals surface area contributed by atoms with Gasteiger partial charge in [-0.3, -0.25) is 38.7 Å². The Hall–Kier alpha value is -2.27. The Morgan fingerprint density at radius 1 is 0.333 bits per heavy atom. The minimum Gasteiger partial charge on any atom is -0.466 e. The average Bonchev–Trinajstić information content (AvgIpc) is 0.990. The number of rotatable bonds is 78. The van der Waals surface area contributed by atoms with Crippen LogP contribution in [0.25, 0.3) is 0 Å². The Labute approximate surface area is 651 Å². The first-order chi connectivity index (χ1) is 51.1. The number of aliphatic hydroxyl groups excluding tert-OH is 4. The van der Waals surface area contributed by atoms with Gasteiger partial charge in [-0.1, -0.05) is 237 Å². The van der Waals surface area contributed by atoms with Crippen molar-refractivity contribution in [3.63, 3.8) is 0 Å². The van der Waals surface area contributed by atoms with E-state index in [2.05, 4.69) is 63.2 Å². The van der Waals surface area contributed by atoms with Crippen LogP contribution in [-0.2, 0) is 47.7 Å². The molecule has 0 radical (unpaired) electrons. The summed E-state index contributed by atoms with van der Waals surface area (Å²) in [6, 6.07) is 0. The zero-order valence-corrected chi connectivity index (χ0v) is 70.3. The van der Waals surface area contributed by atoms with Gasteiger partial charge in [0, 0.05) is 103 Å². The molecule has 1 fully saturated rings. The fourth-order valence-electron chi connectivity index (χ4n) is 13.8. The van der Waals surface area contributed by atoms with E-state index in [0.29, 0.717) is 148 Å². The van der Waals surface area contributed by atoms with Gasteiger partial charge in [0.15, 0.2) is 0 Å². The molecule has 0 aromatic rings. The van der Waals surface area contributed by atoms with Gasteiger partial charge in [-0.2, -0.15) is 0 Å². The number of piperazine rings is 1. The first-order valence-corrected chi connectivity index (χ1v) is 46.2. The summed E-state index contributed by atoms with van der Waals surface area (Å²) in [6.07, 6.45) is 42.1. The van der Waals surface area contributed by atoms with E-state index < -0.39 is 24.4 Å². The van der Waals surface area contributed by atoms with E-state index >= 15 is 0 Å². The van der Waals surface area contributed by atoms with Crippen molar-refractivity contribution in [2.45, 2.75) is 387 Å². The fourth-order valence-corrected chi connectivity index (χ4v) is 16.0. The minimum absolute atomic E-state index is 0.00442. The molecule has 1 saturated heterocycles. The SMILES string of the molecule is CCCCCCCCCCCOC(=O)CCCC(O)CN(CCCC(=O)OCCN1CCN(CCCCSSCCCN(CC(O)CCCCC(=O)OCC(CC)CC)CC(O)CCCCC(=O)OCC(CC)CC)CC1)CC(O)CCCCCC(=O)OC(CCCCCCCC)CCCCCCCC. The average molecular weight is 1530 g/mol. The molecule has 0 aliphatic carbocycles. The maximum Gasteiger partial charge on any atom is 0.306 e. The quantitative estimate of drug-likeness (QED) is 0.0192. The van der Waals surface area contributed by atoms with E-state index in [1.54, 1.807) is 0 Å². The lowest BCUT2D eigenvalue weighted by Gasteiger charge is -2.34. The van der Waals surface area contributed by atoms with E-state index in [4.69, 9.17) is 23.7 Å². The molecule has 0 bridgehead atoms. The highest BCUT2D eigenvalue weighted by Gasteiger charge is 2.22. The number of hydrogen-bond donors (Lipinski definition) is 4. The topological polar surface area (TPSA) is 225 Å². The third-order valence-corrected chi connectivity index (χ3v) is 23.7. The Morgan fingerprint density at radius 3 is 1.13 bits per heavy atom. The van der Waals surface area contributed by atoms with Crippen molar-refractivity contribution in [1.82, 2.24) is 19.6 Å². The molecular weight excluding hydrogens is 1370 g/mol. The highest BCUT2D eigenvalue weighted by molar-refractivity contribution is 8.76. The molecule has 105 heavy (non-hydrogen) atoms. The number of aliphatic hydroxyl groups is 4. The number of unbranched alkanes of at least 4 members (excludes halogenated alkanes) is 23. The van der Waals surface area contributed by atoms with Crippen LogP contribution in [0.15, 0.2) is 0 Å². The van der Waals surface area contributed by atoms with Gasteiger partial charge >= 0.3 is 29.8 Å². The number of esters is 5. The van der Waals surface area contributed by atoms with Crippen LogP contribution < -0.4 is 0 Å². The van der Waals surface area contributed by atoms with Crippen molar-refractivity contribution >= 4 is 51.4 Å². The molecule has 20 heteroatoms. The summed E-state index contributed by atoms with van der Waals surface area (Å²) in [5.41, 5.74) is 0. The molecule has 18 nitrogen and oxygen atoms in total. The van der Waals surface area contributed by atoms with E-state index in [9.17, 15) is 44.4 Å². The predicted octanol–water partition coefficient (Wildman–Crippen LogP) is 18.2. The van der Waals surface area contributed by atoms with E-state index in [0.717, 1.165) is 166 Å². The first kappa shape index (κ1) is 101. The molecule has 620 valence electrons. The van der Waals surface area contributed by atoms with Crippen LogP contribution in [0.4, 0.5) is 0 Å². The van der Waals surface area contributed by atoms with Crippen molar-refractivity contribution in [1.29, 1.82) is 0 Å². The van der Waals surface area contributed by atoms with Gasteiger partial charge in [-0.15, -0.1) is 0 Å². The van der Waals surface area contributed by atoms with Gasteiger partial charge in [0.2, 0.25) is 0 Å². The van der Waals surface area contributed by atoms with Crippen LogP contribution in [0, 0.1) is 11.8 Å². The molecule has 1 aliphatic heterocycles. The molecule has 1 heterocycles. The van der Waals surface area contributed by atoms with Crippen LogP contribution in [0.3, 0.4) is 0 Å². The molecule has 4 atom stereocenters. The highest BCUT2D eigenvalue weighted by Crippen LogP contribution is 2.25. The second-order valence-corrected chi connectivity index (χ2v) is 33.5. The summed E-state index contributed by atoms with van der Waals surface area (Å²) in [4.78, 5) is 72.5. The summed E-state index contributed by atoms with van der Waals surface area (Å²) in [6.45, 7) is 25.4. The van der Waals surface area contributed by atoms with Gasteiger partial charge in [0.05, 0.1) is 44.2 Å². The lowest BCUT2D eigenvalue weighted by atomic mass is 10.0. The van der Waals surface area contributed by atoms with Crippen molar-refractivity contribution < 1.29 is 68.1 Å². The number of carbonyl (C=O) groups excluding carboxylic acids is 5. The Bertz CT molecular complexity index is 1930. The summed E-state index contributed by atoms with van der Waals surface area (Å²) >= 11 is 0. The fraction of sp³-hybridized carbons (Fsp3) is 0.941. The molecule has 0 spiro atoms. The van der Waals surface area contributed by atoms with Crippen molar-refractivity contribution in [2.75, 3.05) is 116 Å². The standard InChI is InChI=1S/C85H164N4O14S2/c1-8-15-18-21-24-25-26-29-40-64-99-81(94)54-42-48-79(93)71-88(68-76(90)45-31-30-34-53-85(98)103-80(49-32-27-22-19-16-9-2)50-33-28-23-20-17-10-3)57-43-55-82(95)100-65-63-87-61-59-86(60-62-87)56-39-41-66-104-105-67-44-58-89(69-77(91)46-35-37-51-83(96)101-72-74(11-4)12-5)70-78(92)47-36-38-52-84(97)102-73-75(13-6)14-7/h74-80,90-93H,8-73H2,1-7H3. The van der Waals surface area contributed by atoms with Gasteiger partial charge < -0.3 is 49.0 Å². The summed E-state index contributed by atoms with van der Waals surface area (Å²) in [5, 5.41) is 44.7. The molecule has 4 N–H and O–H groups in total. The molecule has 1 rings (SSSR count). The third kappa shape index (κ3) is 64.0. The van der Waals surface area contributed by atoms with Crippen molar-refractivity contribution in [2.24, 2.45) is 11.8 Å². The van der Waals surface area contributed by atoms with Crippen LogP contribution in [0.5, 0.6) is 0 Å². The lowest BCUT2D eigenvalue weighted by Crippen LogP contribution is -2.47. The summed E-state index contributed by atoms with van der Waals surface area (Å²) in [5.74, 6) is 1.95. The zero-order valence-electron chi connectivity index (χ0n) is 68.7. The number of hydrogen-bond acceptors (Lipinski definition) is 20. The maximum absolute atomic E-state index is 13.1. The molecular formula is C85H164N4O14S2. The first-order valence-electron chi connectivity index (χ1n) is 43.8. The second-order valence-electron chi connectivity index (χ2n) is 30.8. The number of carbonyl (C=O) groups is 5. The molecule has 4 unspecified atom stereocenters. The minimum atomic E-state index is -0.700.